The highest BCUT2D eigenvalue weighted by Gasteiger charge is 2.22. The van der Waals surface area contributed by atoms with Gasteiger partial charge in [0, 0.05) is 99.2 Å². The van der Waals surface area contributed by atoms with Gasteiger partial charge in [-0.2, -0.15) is 0 Å². The van der Waals surface area contributed by atoms with Crippen LogP contribution >= 0.6 is 0 Å². The lowest BCUT2D eigenvalue weighted by atomic mass is 10.00. The van der Waals surface area contributed by atoms with Crippen LogP contribution in [-0.2, 0) is 0 Å². The number of benzene rings is 18. The zero-order chi connectivity index (χ0) is 82.0. The van der Waals surface area contributed by atoms with Crippen molar-refractivity contribution in [1.82, 2.24) is 43.2 Å². The quantitative estimate of drug-likeness (QED) is 0.108. The molecule has 24 rings (SSSR count). The molecule has 9 nitrogen and oxygen atoms in total. The highest BCUT2D eigenvalue weighted by Crippen LogP contribution is 2.43. The highest BCUT2D eigenvalue weighted by molar-refractivity contribution is 6.15. The maximum Gasteiger partial charge on any atom is 0.164 e. The Balaban J connectivity index is 0.000000143. The second-order valence-corrected chi connectivity index (χ2v) is 31.5. The first-order chi connectivity index (χ1) is 61.5. The molecule has 580 valence electrons. The van der Waals surface area contributed by atoms with Crippen LogP contribution in [-0.4, -0.2) is 43.2 Å². The van der Waals surface area contributed by atoms with E-state index in [4.69, 9.17) is 24.9 Å². The fourth-order valence-corrected chi connectivity index (χ4v) is 18.2. The van der Waals surface area contributed by atoms with Crippen LogP contribution in [0.5, 0.6) is 0 Å². The second-order valence-electron chi connectivity index (χ2n) is 31.5. The van der Waals surface area contributed by atoms with Crippen LogP contribution in [0.2, 0.25) is 0 Å². The van der Waals surface area contributed by atoms with Gasteiger partial charge in [0.1, 0.15) is 0 Å². The molecular formula is C115H75N9. The fraction of sp³-hybridized carbons (Fsp3) is 0. The van der Waals surface area contributed by atoms with Crippen molar-refractivity contribution in [3.63, 3.8) is 0 Å². The molecule has 9 heteroatoms. The lowest BCUT2D eigenvalue weighted by molar-refractivity contribution is 1.07. The summed E-state index contributed by atoms with van der Waals surface area (Å²) in [4.78, 5) is 24.8. The van der Waals surface area contributed by atoms with Gasteiger partial charge in [-0.1, -0.05) is 334 Å². The minimum Gasteiger partial charge on any atom is -0.309 e. The van der Waals surface area contributed by atoms with Gasteiger partial charge in [-0.15, -0.1) is 0 Å². The highest BCUT2D eigenvalue weighted by atomic mass is 15.0. The number of aromatic nitrogens is 9. The molecule has 0 fully saturated rings. The number of para-hydroxylation sites is 6. The molecule has 0 atom stereocenters. The van der Waals surface area contributed by atoms with Gasteiger partial charge in [0.25, 0.3) is 0 Å². The van der Waals surface area contributed by atoms with E-state index < -0.39 is 0 Å². The number of fused-ring (bicyclic) bond motifs is 12. The van der Waals surface area contributed by atoms with Crippen molar-refractivity contribution in [3.8, 4) is 135 Å². The van der Waals surface area contributed by atoms with E-state index in [0.717, 1.165) is 89.8 Å². The molecule has 0 radical (unpaired) electrons. The monoisotopic (exact) mass is 1580 g/mol. The number of rotatable bonds is 14. The molecule has 0 aliphatic rings. The predicted molar refractivity (Wildman–Crippen MR) is 514 cm³/mol. The molecule has 24 aromatic rings. The van der Waals surface area contributed by atoms with Gasteiger partial charge in [0.05, 0.1) is 55.5 Å². The number of hydrogen-bond acceptors (Lipinski definition) is 5. The van der Waals surface area contributed by atoms with Crippen molar-refractivity contribution in [2.45, 2.75) is 0 Å². The first-order valence-electron chi connectivity index (χ1n) is 42.0. The summed E-state index contributed by atoms with van der Waals surface area (Å²) in [5, 5.41) is 9.94. The molecule has 6 aromatic heterocycles. The summed E-state index contributed by atoms with van der Waals surface area (Å²) in [5.74, 6) is 2.66. The van der Waals surface area contributed by atoms with Crippen molar-refractivity contribution >= 4 is 87.2 Å². The summed E-state index contributed by atoms with van der Waals surface area (Å²) in [7, 11) is 0. The van der Waals surface area contributed by atoms with Gasteiger partial charge < -0.3 is 18.3 Å². The van der Waals surface area contributed by atoms with E-state index in [1.54, 1.807) is 0 Å². The Morgan fingerprint density at radius 2 is 0.363 bits per heavy atom. The van der Waals surface area contributed by atoms with Crippen molar-refractivity contribution in [3.05, 3.63) is 455 Å². The molecular weight excluding hydrogens is 1510 g/mol. The van der Waals surface area contributed by atoms with E-state index in [0.29, 0.717) is 23.3 Å². The topological polar surface area (TPSA) is 84.2 Å². The fourth-order valence-electron chi connectivity index (χ4n) is 18.2. The standard InChI is InChI=1S/C58H38N4.C57H37N5/c1-4-15-40(16-5-1)52-38-53(60-58(59-52)41-17-6-2-7-18-41)45-20-14-19-42(35-45)39-27-31-47(32-28-39)61-55-26-13-11-24-49(55)51-36-43(30-34-56(51)61)44-29-33-50-48-23-10-12-25-54(48)62(57(50)37-44)46-21-8-3-9-22-46;1-4-14-40(15-5-1)55-58-56(41-16-6-2-7-17-41)60-57(59-55)42-26-24-38(25-27-42)39-28-32-46(33-29-39)61-52-23-13-11-21-48(52)50-36-43(31-35-53(50)61)44-30-34-49-47-20-10-12-22-51(47)62(54(49)37-44)45-18-8-3-9-19-45/h1-38H;1-37H. The molecule has 18 aromatic carbocycles. The summed E-state index contributed by atoms with van der Waals surface area (Å²) >= 11 is 0. The van der Waals surface area contributed by atoms with Crippen molar-refractivity contribution < 1.29 is 0 Å². The van der Waals surface area contributed by atoms with Crippen molar-refractivity contribution in [2.75, 3.05) is 0 Å². The first kappa shape index (κ1) is 72.5. The van der Waals surface area contributed by atoms with E-state index in [1.807, 2.05) is 97.1 Å². The SMILES string of the molecule is c1ccc(-c2cc(-c3cccc(-c4ccc(-n5c6ccccc6c6cc(-c7ccc8c9ccccc9n(-c9ccccc9)c8c7)ccc65)cc4)c3)nc(-c3ccccc3)n2)cc1.c1ccc(-c2nc(-c3ccccc3)nc(-c3ccc(-c4ccc(-n5c6ccccc6c6cc(-c7ccc8c9ccccc9n(-c9ccccc9)c8c7)ccc65)cc4)cc3)n2)cc1. The van der Waals surface area contributed by atoms with Gasteiger partial charge in [0.15, 0.2) is 23.3 Å². The number of nitrogens with zero attached hydrogens (tertiary/aromatic N) is 9. The molecule has 0 saturated carbocycles. The van der Waals surface area contributed by atoms with Gasteiger partial charge >= 0.3 is 0 Å². The third-order valence-electron chi connectivity index (χ3n) is 24.1. The van der Waals surface area contributed by atoms with E-state index in [2.05, 4.69) is 376 Å². The molecule has 0 aliphatic carbocycles. The maximum absolute atomic E-state index is 5.09. The van der Waals surface area contributed by atoms with Gasteiger partial charge in [-0.05, 0) is 166 Å². The van der Waals surface area contributed by atoms with Gasteiger partial charge in [-0.3, -0.25) is 0 Å². The van der Waals surface area contributed by atoms with Gasteiger partial charge in [-0.25, -0.2) is 24.9 Å². The molecule has 0 amide bonds. The molecule has 0 N–H and O–H groups in total. The average molecular weight is 1580 g/mol. The predicted octanol–water partition coefficient (Wildman–Crippen LogP) is 29.4. The van der Waals surface area contributed by atoms with Crippen LogP contribution in [0.4, 0.5) is 0 Å². The summed E-state index contributed by atoms with van der Waals surface area (Å²) in [6.45, 7) is 0. The van der Waals surface area contributed by atoms with Crippen LogP contribution in [0.3, 0.4) is 0 Å². The Hall–Kier alpha value is -16.8. The smallest absolute Gasteiger partial charge is 0.164 e. The van der Waals surface area contributed by atoms with E-state index >= 15 is 0 Å². The molecule has 0 aliphatic heterocycles. The Morgan fingerprint density at radius 3 is 0.774 bits per heavy atom. The Labute approximate surface area is 716 Å². The van der Waals surface area contributed by atoms with Crippen LogP contribution in [0, 0.1) is 0 Å². The number of hydrogen-bond donors (Lipinski definition) is 0. The molecule has 124 heavy (non-hydrogen) atoms. The van der Waals surface area contributed by atoms with E-state index in [-0.39, 0.29) is 0 Å². The average Bonchev–Trinajstić information content (AvgIpc) is 1.59. The summed E-state index contributed by atoms with van der Waals surface area (Å²) in [6.07, 6.45) is 0. The normalized spacial score (nSPS) is 11.5. The Bertz CT molecular complexity index is 8050. The lowest BCUT2D eigenvalue weighted by Gasteiger charge is -2.12. The molecule has 6 heterocycles. The Morgan fingerprint density at radius 1 is 0.121 bits per heavy atom. The zero-order valence-corrected chi connectivity index (χ0v) is 67.3. The largest absolute Gasteiger partial charge is 0.309 e. The minimum atomic E-state index is 0.644. The first-order valence-corrected chi connectivity index (χ1v) is 42.0. The third kappa shape index (κ3) is 13.1. The lowest BCUT2D eigenvalue weighted by Crippen LogP contribution is -2.00. The van der Waals surface area contributed by atoms with Crippen molar-refractivity contribution in [2.24, 2.45) is 0 Å². The van der Waals surface area contributed by atoms with Crippen molar-refractivity contribution in [1.29, 1.82) is 0 Å². The molecule has 0 spiro atoms. The molecule has 0 saturated heterocycles. The summed E-state index contributed by atoms with van der Waals surface area (Å²) < 4.78 is 9.54. The van der Waals surface area contributed by atoms with Crippen LogP contribution in [0.25, 0.3) is 223 Å². The summed E-state index contributed by atoms with van der Waals surface area (Å²) in [6, 6.07) is 162. The Kier molecular flexibility index (Phi) is 18.0. The van der Waals surface area contributed by atoms with Crippen LogP contribution < -0.4 is 0 Å². The van der Waals surface area contributed by atoms with Crippen LogP contribution in [0.1, 0.15) is 0 Å². The second kappa shape index (κ2) is 30.9. The van der Waals surface area contributed by atoms with E-state index in [1.165, 1.54) is 109 Å². The third-order valence-corrected chi connectivity index (χ3v) is 24.1. The molecule has 0 unspecified atom stereocenters. The summed E-state index contributed by atoms with van der Waals surface area (Å²) in [5.41, 5.74) is 31.1. The maximum atomic E-state index is 5.09. The van der Waals surface area contributed by atoms with Gasteiger partial charge in [0.2, 0.25) is 0 Å². The minimum absolute atomic E-state index is 0.644. The zero-order valence-electron chi connectivity index (χ0n) is 67.3. The van der Waals surface area contributed by atoms with E-state index in [9.17, 15) is 0 Å². The van der Waals surface area contributed by atoms with Crippen LogP contribution in [0.15, 0.2) is 455 Å². The molecule has 0 bridgehead atoms.